The summed E-state index contributed by atoms with van der Waals surface area (Å²) >= 11 is 11.8. The van der Waals surface area contributed by atoms with E-state index in [4.69, 9.17) is 59.2 Å². The van der Waals surface area contributed by atoms with Crippen LogP contribution in [-0.2, 0) is 39.1 Å². The Morgan fingerprint density at radius 1 is 0.768 bits per heavy atom. The summed E-state index contributed by atoms with van der Waals surface area (Å²) in [6, 6.07) is 21.7. The molecule has 0 saturated carbocycles. The molecule has 1 aliphatic rings. The van der Waals surface area contributed by atoms with E-state index < -0.39 is 48.9 Å². The topological polar surface area (TPSA) is 303 Å². The Hall–Kier alpha value is -5.90. The third kappa shape index (κ3) is 11.6. The molecule has 0 aliphatic carbocycles. The Bertz CT molecular complexity index is 2320. The molecular weight excluding hydrogens is 815 g/mol. The first-order valence-electron chi connectivity index (χ1n) is 15.8. The summed E-state index contributed by atoms with van der Waals surface area (Å²) in [6.07, 6.45) is -1.58. The second kappa shape index (κ2) is 18.2. The number of phenols is 1. The van der Waals surface area contributed by atoms with Crippen LogP contribution >= 0.6 is 23.2 Å². The van der Waals surface area contributed by atoms with Gasteiger partial charge >= 0.3 is 6.41 Å². The molecule has 0 spiro atoms. The molecule has 1 aliphatic heterocycles. The van der Waals surface area contributed by atoms with Crippen molar-refractivity contribution in [3.63, 3.8) is 0 Å². The Morgan fingerprint density at radius 2 is 1.21 bits per heavy atom. The normalized spacial score (nSPS) is 13.5. The van der Waals surface area contributed by atoms with E-state index in [1.165, 1.54) is 26.0 Å². The van der Waals surface area contributed by atoms with Crippen molar-refractivity contribution < 1.29 is 45.7 Å². The van der Waals surface area contributed by atoms with Gasteiger partial charge < -0.3 is 52.1 Å². The number of sulfonamides is 2. The van der Waals surface area contributed by atoms with Crippen LogP contribution in [0.25, 0.3) is 0 Å². The first kappa shape index (κ1) is 42.8. The van der Waals surface area contributed by atoms with Crippen molar-refractivity contribution in [1.82, 2.24) is 0 Å². The maximum atomic E-state index is 12.7. The van der Waals surface area contributed by atoms with Gasteiger partial charge in [-0.3, -0.25) is 9.59 Å². The van der Waals surface area contributed by atoms with Gasteiger partial charge in [-0.25, -0.2) is 27.1 Å². The standard InChI is InChI=1S/C27H29ClN6O7S.C7H7ClN2O3S/c1-15(23(29)25(36)32-17-9-5-3-6-10-17)40-27(34-20-13-19(28)22(14-21(20)35)42(31,38)39)41-16(2)24(30)26(37)33-18-11-7-4-8-12-18;8-4-1-5-6(13-3-10-5)2-7(4)14(9,11)12/h3-14,27,34-35H,29-30H2,1-2H3,(H,32,36)(H,33,37)(H2,31,38,39);1-2,10H,3H2,(H2,9,11,12)/b23-15-,24-16-;. The lowest BCUT2D eigenvalue weighted by Gasteiger charge is -2.24. The lowest BCUT2D eigenvalue weighted by Crippen LogP contribution is -2.30. The van der Waals surface area contributed by atoms with E-state index in [-0.39, 0.29) is 43.5 Å². The minimum atomic E-state index is -4.25. The Balaban J connectivity index is 0.000000413. The van der Waals surface area contributed by atoms with E-state index in [0.717, 1.165) is 12.1 Å². The van der Waals surface area contributed by atoms with E-state index in [1.807, 2.05) is 0 Å². The van der Waals surface area contributed by atoms with Crippen molar-refractivity contribution in [1.29, 1.82) is 0 Å². The molecule has 13 N–H and O–H groups in total. The molecule has 4 aromatic rings. The highest BCUT2D eigenvalue weighted by molar-refractivity contribution is 7.89. The van der Waals surface area contributed by atoms with Crippen molar-refractivity contribution in [3.8, 4) is 11.5 Å². The number of rotatable bonds is 12. The van der Waals surface area contributed by atoms with Crippen LogP contribution in [0.2, 0.25) is 10.0 Å². The monoisotopic (exact) mass is 850 g/mol. The van der Waals surface area contributed by atoms with Crippen LogP contribution in [0.3, 0.4) is 0 Å². The van der Waals surface area contributed by atoms with Crippen molar-refractivity contribution >= 4 is 77.8 Å². The second-order valence-corrected chi connectivity index (χ2v) is 15.3. The highest BCUT2D eigenvalue weighted by atomic mass is 35.5. The zero-order valence-corrected chi connectivity index (χ0v) is 32.5. The van der Waals surface area contributed by atoms with Gasteiger partial charge in [-0.2, -0.15) is 0 Å². The van der Waals surface area contributed by atoms with Gasteiger partial charge in [0, 0.05) is 23.5 Å². The fraction of sp³-hybridized carbons (Fsp3) is 0.118. The molecule has 0 bridgehead atoms. The molecule has 22 heteroatoms. The van der Waals surface area contributed by atoms with Crippen LogP contribution < -0.4 is 47.7 Å². The number of anilines is 4. The number of carbonyl (C=O) groups is 2. The van der Waals surface area contributed by atoms with Crippen LogP contribution in [0.15, 0.2) is 118 Å². The Morgan fingerprint density at radius 3 is 1.68 bits per heavy atom. The molecule has 0 fully saturated rings. The largest absolute Gasteiger partial charge is 0.506 e. The predicted octanol–water partition coefficient (Wildman–Crippen LogP) is 3.83. The van der Waals surface area contributed by atoms with Gasteiger partial charge in [-0.15, -0.1) is 0 Å². The summed E-state index contributed by atoms with van der Waals surface area (Å²) < 4.78 is 62.2. The van der Waals surface area contributed by atoms with Crippen LogP contribution in [-0.4, -0.2) is 46.9 Å². The van der Waals surface area contributed by atoms with Gasteiger partial charge in [-0.1, -0.05) is 59.6 Å². The number of aromatic hydroxyl groups is 1. The highest BCUT2D eigenvalue weighted by Crippen LogP contribution is 2.36. The third-order valence-corrected chi connectivity index (χ3v) is 10.1. The summed E-state index contributed by atoms with van der Waals surface area (Å²) in [5.74, 6) is -1.75. The fourth-order valence-corrected chi connectivity index (χ4v) is 6.68. The highest BCUT2D eigenvalue weighted by Gasteiger charge is 2.24. The van der Waals surface area contributed by atoms with Crippen LogP contribution in [0.5, 0.6) is 11.5 Å². The number of primary sulfonamides is 2. The maximum Gasteiger partial charge on any atom is 0.324 e. The maximum absolute atomic E-state index is 12.7. The molecule has 0 saturated heterocycles. The number of nitrogens with two attached hydrogens (primary N) is 4. The molecular formula is C34H36Cl2N8O10S2. The number of benzene rings is 4. The first-order chi connectivity index (χ1) is 26.2. The van der Waals surface area contributed by atoms with Crippen molar-refractivity contribution in [2.24, 2.45) is 21.7 Å². The van der Waals surface area contributed by atoms with E-state index in [2.05, 4.69) is 21.3 Å². The number of para-hydroxylation sites is 2. The van der Waals surface area contributed by atoms with Gasteiger partial charge in [0.2, 0.25) is 20.0 Å². The van der Waals surface area contributed by atoms with Crippen molar-refractivity contribution in [2.75, 3.05) is 28.0 Å². The number of allylic oxidation sites excluding steroid dienone is 2. The van der Waals surface area contributed by atoms with Gasteiger partial charge in [0.1, 0.15) is 44.2 Å². The van der Waals surface area contributed by atoms with Gasteiger partial charge in [0.25, 0.3) is 11.8 Å². The number of phenolic OH excluding ortho intramolecular Hbond substituents is 1. The van der Waals surface area contributed by atoms with Gasteiger partial charge in [-0.05, 0) is 50.2 Å². The number of fused-ring (bicyclic) bond motifs is 1. The third-order valence-electron chi connectivity index (χ3n) is 7.34. The Labute approximate surface area is 331 Å². The average molecular weight is 852 g/mol. The minimum Gasteiger partial charge on any atom is -0.506 e. The molecule has 1 heterocycles. The summed E-state index contributed by atoms with van der Waals surface area (Å²) in [4.78, 5) is 24.7. The quantitative estimate of drug-likeness (QED) is 0.0424. The Kier molecular flexibility index (Phi) is 13.9. The molecule has 0 aromatic heterocycles. The zero-order valence-electron chi connectivity index (χ0n) is 29.4. The molecule has 298 valence electrons. The molecule has 2 amide bonds. The molecule has 18 nitrogen and oxygen atoms in total. The van der Waals surface area contributed by atoms with E-state index in [1.54, 1.807) is 60.7 Å². The molecule has 4 aromatic carbocycles. The van der Waals surface area contributed by atoms with Crippen molar-refractivity contribution in [3.05, 3.63) is 118 Å². The van der Waals surface area contributed by atoms with Gasteiger partial charge in [0.15, 0.2) is 6.73 Å². The number of amides is 2. The second-order valence-electron chi connectivity index (χ2n) is 11.4. The summed E-state index contributed by atoms with van der Waals surface area (Å²) in [5, 5.41) is 31.1. The molecule has 56 heavy (non-hydrogen) atoms. The molecule has 0 atom stereocenters. The number of nitrogens with one attached hydrogen (secondary N) is 4. The zero-order chi connectivity index (χ0) is 41.4. The van der Waals surface area contributed by atoms with Crippen LogP contribution in [0.4, 0.5) is 22.7 Å². The number of halogens is 2. The van der Waals surface area contributed by atoms with E-state index >= 15 is 0 Å². The van der Waals surface area contributed by atoms with E-state index in [9.17, 15) is 31.5 Å². The summed E-state index contributed by atoms with van der Waals surface area (Å²) in [6.45, 7) is 3.05. The van der Waals surface area contributed by atoms with E-state index in [0.29, 0.717) is 29.5 Å². The van der Waals surface area contributed by atoms with Crippen LogP contribution in [0.1, 0.15) is 13.8 Å². The smallest absolute Gasteiger partial charge is 0.324 e. The molecule has 0 radical (unpaired) electrons. The lowest BCUT2D eigenvalue weighted by molar-refractivity contribution is -0.113. The molecule has 0 unspecified atom stereocenters. The molecule has 5 rings (SSSR count). The minimum absolute atomic E-state index is 0.0873. The number of ether oxygens (including phenoxy) is 3. The number of hydrogen-bond acceptors (Lipinski definition) is 14. The number of carbonyl (C=O) groups excluding carboxylic acids is 2. The number of hydrogen-bond donors (Lipinski definition) is 9. The van der Waals surface area contributed by atoms with Crippen molar-refractivity contribution in [2.45, 2.75) is 30.1 Å². The summed E-state index contributed by atoms with van der Waals surface area (Å²) in [5.41, 5.74) is 12.8. The summed E-state index contributed by atoms with van der Waals surface area (Å²) in [7, 11) is -8.05. The first-order valence-corrected chi connectivity index (χ1v) is 19.6. The lowest BCUT2D eigenvalue weighted by atomic mass is 10.3. The average Bonchev–Trinajstić information content (AvgIpc) is 3.59. The predicted molar refractivity (Wildman–Crippen MR) is 210 cm³/mol. The SMILES string of the molecule is C/C(OC(Nc1cc(Cl)c(S(N)(=O)=O)cc1O)O/C(C)=C(\N)C(=O)Nc1ccccc1)=C(/N)C(=O)Nc1ccccc1.NS(=O)(=O)c1cc2c(cc1Cl)NCO2. The van der Waals surface area contributed by atoms with Gasteiger partial charge in [0.05, 0.1) is 21.4 Å². The fourth-order valence-electron chi connectivity index (χ4n) is 4.50. The van der Waals surface area contributed by atoms with Crippen LogP contribution in [0, 0.1) is 0 Å².